The van der Waals surface area contributed by atoms with Crippen LogP contribution in [0.25, 0.3) is 10.6 Å². The van der Waals surface area contributed by atoms with Crippen molar-refractivity contribution in [2.24, 2.45) is 0 Å². The minimum atomic E-state index is 0.672. The van der Waals surface area contributed by atoms with E-state index < -0.39 is 0 Å². The van der Waals surface area contributed by atoms with Crippen LogP contribution in [0.15, 0.2) is 52.2 Å². The first kappa shape index (κ1) is 20.8. The lowest BCUT2D eigenvalue weighted by atomic mass is 10.1. The van der Waals surface area contributed by atoms with Gasteiger partial charge in [0.2, 0.25) is 5.13 Å². The number of nitrogens with one attached hydrogen (secondary N) is 1. The van der Waals surface area contributed by atoms with Gasteiger partial charge in [0.25, 0.3) is 0 Å². The number of nitrogens with zero attached hydrogens (tertiary/aromatic N) is 3. The predicted octanol–water partition coefficient (Wildman–Crippen LogP) is 6.71. The molecule has 0 aliphatic rings. The van der Waals surface area contributed by atoms with Crippen LogP contribution in [0.2, 0.25) is 0 Å². The highest BCUT2D eigenvalue weighted by molar-refractivity contribution is 8.00. The third kappa shape index (κ3) is 5.00. The van der Waals surface area contributed by atoms with E-state index in [1.165, 1.54) is 11.1 Å². The summed E-state index contributed by atoms with van der Waals surface area (Å²) in [5.41, 5.74) is 5.65. The monoisotopic (exact) mass is 454 g/mol. The predicted molar refractivity (Wildman–Crippen MR) is 127 cm³/mol. The van der Waals surface area contributed by atoms with Gasteiger partial charge in [0, 0.05) is 22.4 Å². The molecule has 0 atom stereocenters. The van der Waals surface area contributed by atoms with Crippen molar-refractivity contribution in [1.29, 1.82) is 0 Å². The van der Waals surface area contributed by atoms with Crippen molar-refractivity contribution in [1.82, 2.24) is 15.2 Å². The lowest BCUT2D eigenvalue weighted by Crippen LogP contribution is -1.95. The summed E-state index contributed by atoms with van der Waals surface area (Å²) in [4.78, 5) is 4.77. The zero-order valence-corrected chi connectivity index (χ0v) is 19.5. The number of ether oxygens (including phenoxy) is 1. The molecule has 30 heavy (non-hydrogen) atoms. The van der Waals surface area contributed by atoms with E-state index in [2.05, 4.69) is 65.1 Å². The van der Waals surface area contributed by atoms with Crippen LogP contribution < -0.4 is 10.1 Å². The molecule has 0 radical (unpaired) electrons. The molecule has 5 nitrogen and oxygen atoms in total. The van der Waals surface area contributed by atoms with Crippen LogP contribution >= 0.6 is 34.4 Å². The maximum absolute atomic E-state index is 5.50. The Morgan fingerprint density at radius 1 is 1.03 bits per heavy atom. The number of thioether (sulfide) groups is 1. The lowest BCUT2D eigenvalue weighted by Gasteiger charge is -2.09. The zero-order valence-electron chi connectivity index (χ0n) is 17.0. The number of thiazole rings is 1. The van der Waals surface area contributed by atoms with Crippen molar-refractivity contribution < 1.29 is 4.74 Å². The van der Waals surface area contributed by atoms with E-state index in [4.69, 9.17) is 9.72 Å². The molecule has 0 spiro atoms. The van der Waals surface area contributed by atoms with E-state index in [1.807, 2.05) is 19.1 Å². The molecular weight excluding hydrogens is 432 g/mol. The van der Waals surface area contributed by atoms with Gasteiger partial charge in [-0.05, 0) is 56.2 Å². The lowest BCUT2D eigenvalue weighted by molar-refractivity contribution is 0.340. The number of aryl methyl sites for hydroxylation is 2. The second-order valence-electron chi connectivity index (χ2n) is 6.65. The van der Waals surface area contributed by atoms with Crippen molar-refractivity contribution >= 4 is 45.3 Å². The fourth-order valence-electron chi connectivity index (χ4n) is 2.94. The van der Waals surface area contributed by atoms with E-state index >= 15 is 0 Å². The normalized spacial score (nSPS) is 10.9. The van der Waals surface area contributed by atoms with Crippen LogP contribution in [0.1, 0.15) is 23.7 Å². The molecule has 0 unspecified atom stereocenters. The Morgan fingerprint density at radius 3 is 2.53 bits per heavy atom. The highest BCUT2D eigenvalue weighted by Gasteiger charge is 2.10. The molecule has 4 rings (SSSR count). The Bertz CT molecular complexity index is 1100. The Kier molecular flexibility index (Phi) is 6.66. The molecule has 0 aliphatic carbocycles. The van der Waals surface area contributed by atoms with Gasteiger partial charge in [-0.2, -0.15) is 0 Å². The highest BCUT2D eigenvalue weighted by Crippen LogP contribution is 2.33. The van der Waals surface area contributed by atoms with Crippen LogP contribution in [0.5, 0.6) is 5.75 Å². The van der Waals surface area contributed by atoms with Crippen LogP contribution in [-0.2, 0) is 5.75 Å². The first-order valence-corrected chi connectivity index (χ1v) is 12.3. The summed E-state index contributed by atoms with van der Waals surface area (Å²) in [6, 6.07) is 14.3. The molecule has 0 bridgehead atoms. The molecule has 2 aromatic carbocycles. The van der Waals surface area contributed by atoms with Gasteiger partial charge in [-0.25, -0.2) is 4.98 Å². The van der Waals surface area contributed by atoms with E-state index in [0.29, 0.717) is 6.61 Å². The molecule has 154 valence electrons. The molecule has 0 fully saturated rings. The minimum absolute atomic E-state index is 0.672. The van der Waals surface area contributed by atoms with Gasteiger partial charge < -0.3 is 10.1 Å². The Balaban J connectivity index is 1.37. The number of hydrogen-bond donors (Lipinski definition) is 1. The number of para-hydroxylation sites is 1. The average Bonchev–Trinajstić information content (AvgIpc) is 3.40. The number of benzene rings is 2. The molecular formula is C22H22N4OS3. The summed E-state index contributed by atoms with van der Waals surface area (Å²) in [6.07, 6.45) is 0. The Labute approximate surface area is 188 Å². The summed E-state index contributed by atoms with van der Waals surface area (Å²) >= 11 is 4.88. The largest absolute Gasteiger partial charge is 0.494 e. The third-order valence-electron chi connectivity index (χ3n) is 4.43. The van der Waals surface area contributed by atoms with Crippen LogP contribution in [0, 0.1) is 13.8 Å². The molecule has 0 aliphatic heterocycles. The zero-order chi connectivity index (χ0) is 20.9. The minimum Gasteiger partial charge on any atom is -0.494 e. The molecule has 2 aromatic heterocycles. The van der Waals surface area contributed by atoms with E-state index in [-0.39, 0.29) is 0 Å². The fraction of sp³-hybridized carbons (Fsp3) is 0.227. The van der Waals surface area contributed by atoms with Crippen molar-refractivity contribution in [2.45, 2.75) is 30.9 Å². The summed E-state index contributed by atoms with van der Waals surface area (Å²) in [7, 11) is 0. The van der Waals surface area contributed by atoms with E-state index in [1.54, 1.807) is 34.4 Å². The number of hydrogen-bond acceptors (Lipinski definition) is 8. The van der Waals surface area contributed by atoms with Crippen molar-refractivity contribution in [3.63, 3.8) is 0 Å². The van der Waals surface area contributed by atoms with Gasteiger partial charge in [-0.15, -0.1) is 21.5 Å². The van der Waals surface area contributed by atoms with Gasteiger partial charge >= 0.3 is 0 Å². The fourth-order valence-corrected chi connectivity index (χ4v) is 5.52. The second kappa shape index (κ2) is 9.59. The number of aromatic nitrogens is 3. The SMILES string of the molecule is CCOc1ccc(-c2nc(CSc3nnc(Nc4c(C)cccc4C)s3)cs2)cc1. The number of anilines is 2. The highest BCUT2D eigenvalue weighted by atomic mass is 32.2. The van der Waals surface area contributed by atoms with Crippen molar-refractivity contribution in [3.05, 3.63) is 64.7 Å². The molecule has 0 amide bonds. The van der Waals surface area contributed by atoms with Gasteiger partial charge in [-0.1, -0.05) is 41.3 Å². The summed E-state index contributed by atoms with van der Waals surface area (Å²) < 4.78 is 6.43. The summed E-state index contributed by atoms with van der Waals surface area (Å²) in [5, 5.41) is 15.9. The van der Waals surface area contributed by atoms with Gasteiger partial charge in [0.15, 0.2) is 4.34 Å². The average molecular weight is 455 g/mol. The number of rotatable bonds is 8. The quantitative estimate of drug-likeness (QED) is 0.298. The first-order chi connectivity index (χ1) is 14.6. The Hall–Kier alpha value is -2.42. The van der Waals surface area contributed by atoms with Crippen LogP contribution in [0.3, 0.4) is 0 Å². The van der Waals surface area contributed by atoms with Crippen LogP contribution in [-0.4, -0.2) is 21.8 Å². The van der Waals surface area contributed by atoms with Crippen molar-refractivity contribution in [3.8, 4) is 16.3 Å². The Morgan fingerprint density at radius 2 is 1.80 bits per heavy atom. The second-order valence-corrected chi connectivity index (χ2v) is 9.71. The maximum Gasteiger partial charge on any atom is 0.210 e. The molecule has 4 aromatic rings. The standard InChI is InChI=1S/C22H22N4OS3/c1-4-27-18-10-8-16(9-11-18)20-23-17(12-28-20)13-29-22-26-25-21(30-22)24-19-14(2)6-5-7-15(19)3/h5-12H,4,13H2,1-3H3,(H,24,25). The molecule has 8 heteroatoms. The smallest absolute Gasteiger partial charge is 0.210 e. The summed E-state index contributed by atoms with van der Waals surface area (Å²) in [5.74, 6) is 1.65. The van der Waals surface area contributed by atoms with E-state index in [9.17, 15) is 0 Å². The van der Waals surface area contributed by atoms with Crippen LogP contribution in [0.4, 0.5) is 10.8 Å². The third-order valence-corrected chi connectivity index (χ3v) is 7.37. The maximum atomic E-state index is 5.50. The molecule has 1 N–H and O–H groups in total. The molecule has 0 saturated carbocycles. The molecule has 0 saturated heterocycles. The van der Waals surface area contributed by atoms with Gasteiger partial charge in [0.1, 0.15) is 10.8 Å². The van der Waals surface area contributed by atoms with Gasteiger partial charge in [-0.3, -0.25) is 0 Å². The molecule has 2 heterocycles. The van der Waals surface area contributed by atoms with Crippen molar-refractivity contribution in [2.75, 3.05) is 11.9 Å². The van der Waals surface area contributed by atoms with E-state index in [0.717, 1.165) is 42.9 Å². The topological polar surface area (TPSA) is 59.9 Å². The summed E-state index contributed by atoms with van der Waals surface area (Å²) in [6.45, 7) is 6.84. The van der Waals surface area contributed by atoms with Gasteiger partial charge in [0.05, 0.1) is 12.3 Å². The first-order valence-electron chi connectivity index (χ1n) is 9.59.